The summed E-state index contributed by atoms with van der Waals surface area (Å²) in [6, 6.07) is 5.47. The Hall–Kier alpha value is -1.96. The second-order valence-electron chi connectivity index (χ2n) is 5.52. The Labute approximate surface area is 145 Å². The maximum atomic E-state index is 12.0. The second-order valence-corrected chi connectivity index (χ2v) is 6.38. The molecule has 0 radical (unpaired) electrons. The molecule has 1 amide bonds. The van der Waals surface area contributed by atoms with Crippen LogP contribution in [-0.4, -0.2) is 48.9 Å². The van der Waals surface area contributed by atoms with Gasteiger partial charge >= 0.3 is 0 Å². The Kier molecular flexibility index (Phi) is 6.72. The predicted molar refractivity (Wildman–Crippen MR) is 96.4 cm³/mol. The van der Waals surface area contributed by atoms with Gasteiger partial charge in [0.1, 0.15) is 6.04 Å². The van der Waals surface area contributed by atoms with E-state index in [1.165, 1.54) is 16.9 Å². The van der Waals surface area contributed by atoms with Crippen LogP contribution in [0.4, 0.5) is 5.13 Å². The van der Waals surface area contributed by atoms with Crippen LogP contribution in [0.3, 0.4) is 0 Å². The topological polar surface area (TPSA) is 83.5 Å². The minimum absolute atomic E-state index is 0.280. The van der Waals surface area contributed by atoms with Crippen LogP contribution in [0.2, 0.25) is 0 Å². The number of aromatic nitrogens is 1. The van der Waals surface area contributed by atoms with Crippen molar-refractivity contribution in [1.29, 1.82) is 0 Å². The Morgan fingerprint density at radius 1 is 1.42 bits per heavy atom. The van der Waals surface area contributed by atoms with Crippen molar-refractivity contribution in [1.82, 2.24) is 10.3 Å². The number of anilines is 1. The number of carbonyl (C=O) groups is 1. The van der Waals surface area contributed by atoms with Gasteiger partial charge in [-0.2, -0.15) is 0 Å². The quantitative estimate of drug-likeness (QED) is 0.635. The SMILES string of the molecule is COCCNC(=O)[C@H](CO)Nc1nc(-c2ccc(C)cc2C)cs1. The molecule has 1 heterocycles. The number of hydrogen-bond acceptors (Lipinski definition) is 6. The first-order valence-corrected chi connectivity index (χ1v) is 8.60. The summed E-state index contributed by atoms with van der Waals surface area (Å²) < 4.78 is 4.89. The zero-order valence-corrected chi connectivity index (χ0v) is 14.9. The van der Waals surface area contributed by atoms with Crippen molar-refractivity contribution in [3.05, 3.63) is 34.7 Å². The molecule has 24 heavy (non-hydrogen) atoms. The zero-order chi connectivity index (χ0) is 17.5. The largest absolute Gasteiger partial charge is 0.394 e. The van der Waals surface area contributed by atoms with Crippen molar-refractivity contribution in [2.45, 2.75) is 19.9 Å². The fourth-order valence-electron chi connectivity index (χ4n) is 2.31. The Morgan fingerprint density at radius 2 is 2.21 bits per heavy atom. The summed E-state index contributed by atoms with van der Waals surface area (Å²) in [5.74, 6) is -0.280. The summed E-state index contributed by atoms with van der Waals surface area (Å²) in [4.78, 5) is 16.5. The molecule has 0 aliphatic carbocycles. The molecule has 1 atom stereocenters. The molecule has 0 saturated carbocycles. The van der Waals surface area contributed by atoms with Crippen molar-refractivity contribution in [2.24, 2.45) is 0 Å². The molecule has 7 heteroatoms. The highest BCUT2D eigenvalue weighted by atomic mass is 32.1. The van der Waals surface area contributed by atoms with E-state index in [4.69, 9.17) is 4.74 Å². The lowest BCUT2D eigenvalue weighted by Gasteiger charge is -2.15. The monoisotopic (exact) mass is 349 g/mol. The number of amides is 1. The van der Waals surface area contributed by atoms with E-state index < -0.39 is 6.04 Å². The van der Waals surface area contributed by atoms with Crippen molar-refractivity contribution < 1.29 is 14.6 Å². The molecule has 0 aliphatic rings. The molecule has 1 aromatic carbocycles. The normalized spacial score (nSPS) is 12.0. The molecule has 0 bridgehead atoms. The van der Waals surface area contributed by atoms with Gasteiger partial charge in [-0.15, -0.1) is 11.3 Å². The number of nitrogens with zero attached hydrogens (tertiary/aromatic N) is 1. The van der Waals surface area contributed by atoms with Crippen LogP contribution in [0.1, 0.15) is 11.1 Å². The lowest BCUT2D eigenvalue weighted by atomic mass is 10.0. The minimum Gasteiger partial charge on any atom is -0.394 e. The van der Waals surface area contributed by atoms with Gasteiger partial charge in [-0.05, 0) is 19.4 Å². The number of rotatable bonds is 8. The highest BCUT2D eigenvalue weighted by Gasteiger charge is 2.18. The van der Waals surface area contributed by atoms with E-state index in [1.54, 1.807) is 7.11 Å². The summed E-state index contributed by atoms with van der Waals surface area (Å²) in [6.45, 7) is 4.63. The molecule has 2 aromatic rings. The highest BCUT2D eigenvalue weighted by Crippen LogP contribution is 2.28. The van der Waals surface area contributed by atoms with Gasteiger partial charge < -0.3 is 20.5 Å². The van der Waals surface area contributed by atoms with E-state index in [-0.39, 0.29) is 12.5 Å². The smallest absolute Gasteiger partial charge is 0.245 e. The van der Waals surface area contributed by atoms with E-state index in [2.05, 4.69) is 41.6 Å². The van der Waals surface area contributed by atoms with Gasteiger partial charge in [0.2, 0.25) is 5.91 Å². The van der Waals surface area contributed by atoms with Gasteiger partial charge in [0.15, 0.2) is 5.13 Å². The maximum Gasteiger partial charge on any atom is 0.245 e. The third kappa shape index (κ3) is 4.77. The standard InChI is InChI=1S/C17H23N3O3S/c1-11-4-5-13(12(2)8-11)15-10-24-17(20-15)19-14(9-21)16(22)18-6-7-23-3/h4-5,8,10,14,21H,6-7,9H2,1-3H3,(H,18,22)(H,19,20)/t14-/m0/s1. The van der Waals surface area contributed by atoms with E-state index in [1.807, 2.05) is 11.4 Å². The van der Waals surface area contributed by atoms with Crippen molar-refractivity contribution in [2.75, 3.05) is 32.2 Å². The van der Waals surface area contributed by atoms with Crippen molar-refractivity contribution in [3.8, 4) is 11.3 Å². The molecule has 0 aliphatic heterocycles. The summed E-state index contributed by atoms with van der Waals surface area (Å²) in [6.07, 6.45) is 0. The van der Waals surface area contributed by atoms with Crippen LogP contribution in [0.5, 0.6) is 0 Å². The summed E-state index contributed by atoms with van der Waals surface area (Å²) in [5.41, 5.74) is 4.28. The van der Waals surface area contributed by atoms with E-state index in [9.17, 15) is 9.90 Å². The van der Waals surface area contributed by atoms with Crippen LogP contribution in [-0.2, 0) is 9.53 Å². The van der Waals surface area contributed by atoms with Gasteiger partial charge in [0.25, 0.3) is 0 Å². The van der Waals surface area contributed by atoms with Gasteiger partial charge in [-0.3, -0.25) is 4.79 Å². The number of ether oxygens (including phenoxy) is 1. The van der Waals surface area contributed by atoms with Gasteiger partial charge in [0, 0.05) is 24.6 Å². The zero-order valence-electron chi connectivity index (χ0n) is 14.1. The molecule has 130 valence electrons. The number of aliphatic hydroxyl groups excluding tert-OH is 1. The molecule has 2 rings (SSSR count). The molecule has 0 unspecified atom stereocenters. The van der Waals surface area contributed by atoms with Crippen molar-refractivity contribution in [3.63, 3.8) is 0 Å². The number of benzene rings is 1. The Morgan fingerprint density at radius 3 is 2.88 bits per heavy atom. The molecule has 1 aromatic heterocycles. The third-order valence-electron chi connectivity index (χ3n) is 3.56. The van der Waals surface area contributed by atoms with Crippen LogP contribution < -0.4 is 10.6 Å². The van der Waals surface area contributed by atoms with Crippen molar-refractivity contribution >= 4 is 22.4 Å². The predicted octanol–water partition coefficient (Wildman–Crippen LogP) is 1.96. The molecule has 3 N–H and O–H groups in total. The molecule has 0 fully saturated rings. The van der Waals surface area contributed by atoms with Crippen LogP contribution in [0, 0.1) is 13.8 Å². The lowest BCUT2D eigenvalue weighted by Crippen LogP contribution is -2.43. The van der Waals surface area contributed by atoms with Gasteiger partial charge in [-0.1, -0.05) is 23.8 Å². The average molecular weight is 349 g/mol. The number of carbonyl (C=O) groups excluding carboxylic acids is 1. The number of nitrogens with one attached hydrogen (secondary N) is 2. The second kappa shape index (κ2) is 8.77. The molecular weight excluding hydrogens is 326 g/mol. The Balaban J connectivity index is 2.05. The first-order valence-electron chi connectivity index (χ1n) is 7.72. The fraction of sp³-hybridized carbons (Fsp3) is 0.412. The number of aryl methyl sites for hydroxylation is 2. The minimum atomic E-state index is -0.736. The number of hydrogen-bond donors (Lipinski definition) is 3. The summed E-state index contributed by atoms with van der Waals surface area (Å²) >= 11 is 1.41. The molecule has 0 spiro atoms. The molecule has 0 saturated heterocycles. The van der Waals surface area contributed by atoms with E-state index in [0.717, 1.165) is 16.8 Å². The molecule has 6 nitrogen and oxygen atoms in total. The van der Waals surface area contributed by atoms with E-state index in [0.29, 0.717) is 18.3 Å². The first-order chi connectivity index (χ1) is 11.5. The van der Waals surface area contributed by atoms with Crippen LogP contribution >= 0.6 is 11.3 Å². The van der Waals surface area contributed by atoms with Gasteiger partial charge in [0.05, 0.1) is 18.9 Å². The lowest BCUT2D eigenvalue weighted by molar-refractivity contribution is -0.122. The first kappa shape index (κ1) is 18.4. The highest BCUT2D eigenvalue weighted by molar-refractivity contribution is 7.14. The van der Waals surface area contributed by atoms with Gasteiger partial charge in [-0.25, -0.2) is 4.98 Å². The van der Waals surface area contributed by atoms with Crippen LogP contribution in [0.15, 0.2) is 23.6 Å². The summed E-state index contributed by atoms with van der Waals surface area (Å²) in [5, 5.41) is 17.7. The third-order valence-corrected chi connectivity index (χ3v) is 4.34. The Bertz CT molecular complexity index is 687. The summed E-state index contributed by atoms with van der Waals surface area (Å²) in [7, 11) is 1.57. The number of thiazole rings is 1. The fourth-order valence-corrected chi connectivity index (χ4v) is 3.07. The maximum absolute atomic E-state index is 12.0. The number of aliphatic hydroxyl groups is 1. The molecular formula is C17H23N3O3S. The van der Waals surface area contributed by atoms with Crippen LogP contribution in [0.25, 0.3) is 11.3 Å². The van der Waals surface area contributed by atoms with E-state index >= 15 is 0 Å². The average Bonchev–Trinajstić information content (AvgIpc) is 3.01. The number of methoxy groups -OCH3 is 1.